The van der Waals surface area contributed by atoms with Gasteiger partial charge in [-0.25, -0.2) is 0 Å². The van der Waals surface area contributed by atoms with Gasteiger partial charge >= 0.3 is 5.95 Å². The number of nitro groups is 1. The van der Waals surface area contributed by atoms with E-state index in [-0.39, 0.29) is 11.5 Å². The van der Waals surface area contributed by atoms with Crippen molar-refractivity contribution < 1.29 is 4.92 Å². The summed E-state index contributed by atoms with van der Waals surface area (Å²) in [6.07, 6.45) is 1.36. The highest BCUT2D eigenvalue weighted by atomic mass is 16.6. The average molecular weight is 213 g/mol. The molecule has 0 amide bonds. The predicted molar refractivity (Wildman–Crippen MR) is 54.4 cm³/mol. The van der Waals surface area contributed by atoms with Crippen LogP contribution in [0.25, 0.3) is 0 Å². The lowest BCUT2D eigenvalue weighted by Gasteiger charge is -2.19. The van der Waals surface area contributed by atoms with Gasteiger partial charge in [-0.05, 0) is 25.7 Å². The Hall–Kier alpha value is -1.50. The molecule has 7 nitrogen and oxygen atoms in total. The second-order valence-electron chi connectivity index (χ2n) is 4.24. The van der Waals surface area contributed by atoms with E-state index in [1.165, 1.54) is 11.0 Å². The summed E-state index contributed by atoms with van der Waals surface area (Å²) in [5.41, 5.74) is 0.0342. The molecule has 1 aromatic heterocycles. The summed E-state index contributed by atoms with van der Waals surface area (Å²) < 4.78 is 1.46. The molecule has 1 rings (SSSR count). The molecule has 1 heterocycles. The fourth-order valence-corrected chi connectivity index (χ4v) is 1.02. The Balaban J connectivity index is 2.41. The fraction of sp³-hybridized carbons (Fsp3) is 0.750. The van der Waals surface area contributed by atoms with E-state index < -0.39 is 4.92 Å². The first kappa shape index (κ1) is 11.6. The Morgan fingerprint density at radius 3 is 2.73 bits per heavy atom. The summed E-state index contributed by atoms with van der Waals surface area (Å²) >= 11 is 0. The van der Waals surface area contributed by atoms with Crippen LogP contribution in [0.4, 0.5) is 5.95 Å². The van der Waals surface area contributed by atoms with E-state index in [4.69, 9.17) is 0 Å². The van der Waals surface area contributed by atoms with Crippen LogP contribution in [0, 0.1) is 10.1 Å². The van der Waals surface area contributed by atoms with Gasteiger partial charge in [-0.15, -0.1) is 0 Å². The van der Waals surface area contributed by atoms with E-state index in [9.17, 15) is 10.1 Å². The Labute approximate surface area is 87.7 Å². The van der Waals surface area contributed by atoms with Crippen molar-refractivity contribution in [3.63, 3.8) is 0 Å². The number of nitrogens with zero attached hydrogens (tertiary/aromatic N) is 4. The van der Waals surface area contributed by atoms with E-state index in [0.29, 0.717) is 13.1 Å². The molecule has 0 fully saturated rings. The Kier molecular flexibility index (Phi) is 3.35. The highest BCUT2D eigenvalue weighted by Crippen LogP contribution is 2.00. The van der Waals surface area contributed by atoms with Gasteiger partial charge in [-0.1, -0.05) is 4.98 Å². The van der Waals surface area contributed by atoms with Crippen LogP contribution >= 0.6 is 0 Å². The molecule has 1 aromatic rings. The minimum Gasteiger partial charge on any atom is -0.390 e. The zero-order chi connectivity index (χ0) is 11.5. The zero-order valence-electron chi connectivity index (χ0n) is 9.10. The van der Waals surface area contributed by atoms with Crippen LogP contribution in [0.5, 0.6) is 0 Å². The lowest BCUT2D eigenvalue weighted by Crippen LogP contribution is -2.37. The third-order valence-corrected chi connectivity index (χ3v) is 1.68. The van der Waals surface area contributed by atoms with Crippen LogP contribution in [0.2, 0.25) is 0 Å². The fourth-order valence-electron chi connectivity index (χ4n) is 1.02. The first-order valence-corrected chi connectivity index (χ1v) is 4.67. The van der Waals surface area contributed by atoms with Crippen molar-refractivity contribution in [1.29, 1.82) is 0 Å². The first-order chi connectivity index (χ1) is 6.88. The van der Waals surface area contributed by atoms with E-state index in [0.717, 1.165) is 0 Å². The molecule has 0 aliphatic carbocycles. The molecule has 0 bridgehead atoms. The van der Waals surface area contributed by atoms with Crippen LogP contribution in [0.15, 0.2) is 6.33 Å². The topological polar surface area (TPSA) is 85.9 Å². The second-order valence-corrected chi connectivity index (χ2v) is 4.24. The maximum Gasteiger partial charge on any atom is 0.490 e. The van der Waals surface area contributed by atoms with E-state index in [1.807, 2.05) is 0 Å². The van der Waals surface area contributed by atoms with Gasteiger partial charge in [0, 0.05) is 17.2 Å². The summed E-state index contributed by atoms with van der Waals surface area (Å²) in [6.45, 7) is 7.42. The Morgan fingerprint density at radius 2 is 2.27 bits per heavy atom. The molecular weight excluding hydrogens is 198 g/mol. The van der Waals surface area contributed by atoms with Crippen LogP contribution in [-0.4, -0.2) is 31.8 Å². The highest BCUT2D eigenvalue weighted by Gasteiger charge is 2.13. The lowest BCUT2D eigenvalue weighted by molar-refractivity contribution is -0.394. The van der Waals surface area contributed by atoms with E-state index in [1.54, 1.807) is 0 Å². The van der Waals surface area contributed by atoms with Crippen LogP contribution in [0.3, 0.4) is 0 Å². The largest absolute Gasteiger partial charge is 0.490 e. The summed E-state index contributed by atoms with van der Waals surface area (Å²) in [4.78, 5) is 13.3. The molecular formula is C8H15N5O2. The SMILES string of the molecule is CC(C)(C)NCCn1cnc([N+](=O)[O-])n1. The summed E-state index contributed by atoms with van der Waals surface area (Å²) in [5, 5.41) is 17.2. The predicted octanol–water partition coefficient (Wildman–Crippen LogP) is 0.574. The van der Waals surface area contributed by atoms with Crippen molar-refractivity contribution in [2.75, 3.05) is 6.54 Å². The van der Waals surface area contributed by atoms with Crippen molar-refractivity contribution in [3.05, 3.63) is 16.4 Å². The average Bonchev–Trinajstić information content (AvgIpc) is 2.50. The van der Waals surface area contributed by atoms with Gasteiger partial charge in [-0.3, -0.25) is 0 Å². The van der Waals surface area contributed by atoms with Crippen molar-refractivity contribution in [1.82, 2.24) is 20.1 Å². The summed E-state index contributed by atoms with van der Waals surface area (Å²) in [5.74, 6) is -0.356. The second kappa shape index (κ2) is 4.35. The van der Waals surface area contributed by atoms with Gasteiger partial charge in [0.1, 0.15) is 0 Å². The minimum atomic E-state index is -0.603. The van der Waals surface area contributed by atoms with Crippen molar-refractivity contribution in [3.8, 4) is 0 Å². The molecule has 15 heavy (non-hydrogen) atoms. The highest BCUT2D eigenvalue weighted by molar-refractivity contribution is 4.96. The molecule has 0 atom stereocenters. The Morgan fingerprint density at radius 1 is 1.60 bits per heavy atom. The molecule has 1 N–H and O–H groups in total. The maximum atomic E-state index is 10.3. The van der Waals surface area contributed by atoms with E-state index >= 15 is 0 Å². The number of hydrogen-bond donors (Lipinski definition) is 1. The van der Waals surface area contributed by atoms with E-state index in [2.05, 4.69) is 36.2 Å². The van der Waals surface area contributed by atoms with Crippen LogP contribution < -0.4 is 5.32 Å². The monoisotopic (exact) mass is 213 g/mol. The standard InChI is InChI=1S/C8H15N5O2/c1-8(2,3)10-4-5-12-6-9-7(11-12)13(14)15/h6,10H,4-5H2,1-3H3. The third-order valence-electron chi connectivity index (χ3n) is 1.68. The molecule has 7 heteroatoms. The number of aromatic nitrogens is 3. The molecule has 0 saturated heterocycles. The van der Waals surface area contributed by atoms with Crippen molar-refractivity contribution >= 4 is 5.95 Å². The van der Waals surface area contributed by atoms with Gasteiger partial charge in [0.05, 0.1) is 6.54 Å². The molecule has 0 aliphatic rings. The van der Waals surface area contributed by atoms with Gasteiger partial charge in [0.15, 0.2) is 0 Å². The summed E-state index contributed by atoms with van der Waals surface area (Å²) in [7, 11) is 0. The van der Waals surface area contributed by atoms with Gasteiger partial charge in [-0.2, -0.15) is 4.68 Å². The smallest absolute Gasteiger partial charge is 0.390 e. The Bertz CT molecular complexity index is 341. The quantitative estimate of drug-likeness (QED) is 0.583. The first-order valence-electron chi connectivity index (χ1n) is 4.67. The normalized spacial score (nSPS) is 11.7. The molecule has 0 saturated carbocycles. The lowest BCUT2D eigenvalue weighted by atomic mass is 10.1. The molecule has 84 valence electrons. The molecule has 0 aliphatic heterocycles. The van der Waals surface area contributed by atoms with Crippen molar-refractivity contribution in [2.24, 2.45) is 0 Å². The summed E-state index contributed by atoms with van der Waals surface area (Å²) in [6, 6.07) is 0. The molecule has 0 aromatic carbocycles. The number of rotatable bonds is 4. The molecule has 0 spiro atoms. The zero-order valence-corrected chi connectivity index (χ0v) is 9.10. The molecule has 0 radical (unpaired) electrons. The maximum absolute atomic E-state index is 10.3. The third kappa shape index (κ3) is 4.03. The minimum absolute atomic E-state index is 0.0342. The van der Waals surface area contributed by atoms with Gasteiger partial charge < -0.3 is 15.4 Å². The number of hydrogen-bond acceptors (Lipinski definition) is 5. The number of nitrogens with one attached hydrogen (secondary N) is 1. The van der Waals surface area contributed by atoms with Gasteiger partial charge in [0.25, 0.3) is 0 Å². The van der Waals surface area contributed by atoms with Crippen molar-refractivity contribution in [2.45, 2.75) is 32.9 Å². The van der Waals surface area contributed by atoms with Crippen LogP contribution in [0.1, 0.15) is 20.8 Å². The molecule has 0 unspecified atom stereocenters. The van der Waals surface area contributed by atoms with Crippen LogP contribution in [-0.2, 0) is 6.54 Å². The van der Waals surface area contributed by atoms with Gasteiger partial charge in [0.2, 0.25) is 6.33 Å².